The van der Waals surface area contributed by atoms with E-state index >= 15 is 0 Å². The molecule has 1 amide bonds. The Bertz CT molecular complexity index is 664. The van der Waals surface area contributed by atoms with Crippen LogP contribution in [-0.4, -0.2) is 13.0 Å². The maximum Gasteiger partial charge on any atom is 0.255 e. The van der Waals surface area contributed by atoms with Crippen molar-refractivity contribution in [2.24, 2.45) is 0 Å². The van der Waals surface area contributed by atoms with Gasteiger partial charge >= 0.3 is 0 Å². The van der Waals surface area contributed by atoms with E-state index in [1.165, 1.54) is 25.3 Å². The van der Waals surface area contributed by atoms with Crippen molar-refractivity contribution in [2.75, 3.05) is 12.4 Å². The number of carbonyl (C=O) groups excluding carboxylic acids is 1. The maximum atomic E-state index is 13.3. The minimum absolute atomic E-state index is 0.0165. The summed E-state index contributed by atoms with van der Waals surface area (Å²) in [6.07, 6.45) is 0. The Morgan fingerprint density at radius 3 is 2.75 bits per heavy atom. The molecule has 1 N–H and O–H groups in total. The van der Waals surface area contributed by atoms with Crippen LogP contribution in [0.3, 0.4) is 0 Å². The van der Waals surface area contributed by atoms with E-state index in [1.54, 1.807) is 18.2 Å². The molecule has 0 atom stereocenters. The van der Waals surface area contributed by atoms with E-state index in [4.69, 9.17) is 16.3 Å². The lowest BCUT2D eigenvalue weighted by molar-refractivity contribution is 0.102. The van der Waals surface area contributed by atoms with Gasteiger partial charge in [0.25, 0.3) is 5.91 Å². The van der Waals surface area contributed by atoms with Crippen LogP contribution < -0.4 is 10.1 Å². The van der Waals surface area contributed by atoms with E-state index in [0.717, 1.165) is 0 Å². The molecule has 0 saturated carbocycles. The third-order valence-corrected chi connectivity index (χ3v) is 3.52. The number of anilines is 1. The summed E-state index contributed by atoms with van der Waals surface area (Å²) in [5.41, 5.74) is 0.820. The summed E-state index contributed by atoms with van der Waals surface area (Å²) in [5.74, 6) is -0.887. The fourth-order valence-electron chi connectivity index (χ4n) is 1.59. The zero-order chi connectivity index (χ0) is 14.7. The van der Waals surface area contributed by atoms with Crippen LogP contribution >= 0.6 is 27.5 Å². The lowest BCUT2D eigenvalue weighted by Crippen LogP contribution is -2.12. The fourth-order valence-corrected chi connectivity index (χ4v) is 2.11. The second-order valence-corrected chi connectivity index (χ2v) is 5.22. The van der Waals surface area contributed by atoms with Crippen molar-refractivity contribution in [3.05, 3.63) is 57.3 Å². The number of rotatable bonds is 3. The number of amides is 1. The molecule has 0 bridgehead atoms. The normalized spacial score (nSPS) is 10.2. The third kappa shape index (κ3) is 3.29. The number of halogens is 3. The molecule has 0 aliphatic heterocycles. The van der Waals surface area contributed by atoms with Gasteiger partial charge in [-0.25, -0.2) is 4.39 Å². The molecule has 0 unspecified atom stereocenters. The predicted octanol–water partition coefficient (Wildman–Crippen LogP) is 4.50. The van der Waals surface area contributed by atoms with E-state index in [-0.39, 0.29) is 17.2 Å². The van der Waals surface area contributed by atoms with Crippen molar-refractivity contribution in [3.63, 3.8) is 0 Å². The summed E-state index contributed by atoms with van der Waals surface area (Å²) in [4.78, 5) is 12.1. The molecule has 0 aromatic heterocycles. The van der Waals surface area contributed by atoms with Crippen LogP contribution in [-0.2, 0) is 0 Å². The number of ether oxygens (including phenoxy) is 1. The van der Waals surface area contributed by atoms with Crippen LogP contribution in [0, 0.1) is 5.82 Å². The standard InChI is InChI=1S/C14H10BrClFNO2/c1-20-13-6-8(2-5-11(13)17)14(19)18-12-7-9(16)3-4-10(12)15/h2-7H,1H3,(H,18,19). The van der Waals surface area contributed by atoms with Gasteiger partial charge in [-0.1, -0.05) is 11.6 Å². The number of benzene rings is 2. The maximum absolute atomic E-state index is 13.3. The molecule has 6 heteroatoms. The molecule has 0 aliphatic carbocycles. The smallest absolute Gasteiger partial charge is 0.255 e. The van der Waals surface area contributed by atoms with Gasteiger partial charge < -0.3 is 10.1 Å². The van der Waals surface area contributed by atoms with Gasteiger partial charge in [-0.3, -0.25) is 4.79 Å². The summed E-state index contributed by atoms with van der Waals surface area (Å²) in [7, 11) is 1.34. The van der Waals surface area contributed by atoms with Crippen LogP contribution in [0.1, 0.15) is 10.4 Å². The lowest BCUT2D eigenvalue weighted by Gasteiger charge is -2.09. The molecule has 0 fully saturated rings. The summed E-state index contributed by atoms with van der Waals surface area (Å²) in [6, 6.07) is 8.94. The first-order chi connectivity index (χ1) is 9.51. The molecule has 0 radical (unpaired) electrons. The summed E-state index contributed by atoms with van der Waals surface area (Å²) >= 11 is 9.19. The molecule has 3 nitrogen and oxygen atoms in total. The first-order valence-electron chi connectivity index (χ1n) is 5.61. The third-order valence-electron chi connectivity index (χ3n) is 2.59. The first-order valence-corrected chi connectivity index (χ1v) is 6.78. The lowest BCUT2D eigenvalue weighted by atomic mass is 10.2. The van der Waals surface area contributed by atoms with Crippen molar-refractivity contribution in [2.45, 2.75) is 0 Å². The van der Waals surface area contributed by atoms with Crippen molar-refractivity contribution >= 4 is 39.1 Å². The minimum atomic E-state index is -0.520. The van der Waals surface area contributed by atoms with Gasteiger partial charge in [0, 0.05) is 15.1 Å². The molecule has 0 spiro atoms. The molecule has 2 aromatic carbocycles. The molecule has 2 rings (SSSR count). The van der Waals surface area contributed by atoms with Gasteiger partial charge in [-0.15, -0.1) is 0 Å². The first kappa shape index (κ1) is 14.8. The van der Waals surface area contributed by atoms with E-state index < -0.39 is 5.82 Å². The van der Waals surface area contributed by atoms with Crippen LogP contribution in [0.25, 0.3) is 0 Å². The molecule has 2 aromatic rings. The Hall–Kier alpha value is -1.59. The Kier molecular flexibility index (Phi) is 4.62. The van der Waals surface area contributed by atoms with E-state index in [2.05, 4.69) is 21.2 Å². The Balaban J connectivity index is 2.26. The molecule has 104 valence electrons. The van der Waals surface area contributed by atoms with Crippen molar-refractivity contribution in [1.29, 1.82) is 0 Å². The largest absolute Gasteiger partial charge is 0.494 e. The van der Waals surface area contributed by atoms with Crippen LogP contribution in [0.4, 0.5) is 10.1 Å². The van der Waals surface area contributed by atoms with Crippen LogP contribution in [0.15, 0.2) is 40.9 Å². The summed E-state index contributed by atoms with van der Waals surface area (Å²) in [5, 5.41) is 3.19. The second-order valence-electron chi connectivity index (χ2n) is 3.93. The number of hydrogen-bond donors (Lipinski definition) is 1. The van der Waals surface area contributed by atoms with Gasteiger partial charge in [0.1, 0.15) is 0 Å². The Morgan fingerprint density at radius 1 is 1.30 bits per heavy atom. The minimum Gasteiger partial charge on any atom is -0.494 e. The topological polar surface area (TPSA) is 38.3 Å². The van der Waals surface area contributed by atoms with Gasteiger partial charge in [-0.05, 0) is 52.3 Å². The highest BCUT2D eigenvalue weighted by molar-refractivity contribution is 9.10. The van der Waals surface area contributed by atoms with Crippen LogP contribution in [0.5, 0.6) is 5.75 Å². The molecular formula is C14H10BrClFNO2. The van der Waals surface area contributed by atoms with Gasteiger partial charge in [0.05, 0.1) is 12.8 Å². The number of nitrogens with one attached hydrogen (secondary N) is 1. The predicted molar refractivity (Wildman–Crippen MR) is 80.1 cm³/mol. The summed E-state index contributed by atoms with van der Waals surface area (Å²) < 4.78 is 18.8. The fraction of sp³-hybridized carbons (Fsp3) is 0.0714. The highest BCUT2D eigenvalue weighted by Gasteiger charge is 2.12. The van der Waals surface area contributed by atoms with Crippen molar-refractivity contribution in [3.8, 4) is 5.75 Å². The zero-order valence-corrected chi connectivity index (χ0v) is 12.8. The number of methoxy groups -OCH3 is 1. The number of hydrogen-bond acceptors (Lipinski definition) is 2. The molecular weight excluding hydrogens is 349 g/mol. The average molecular weight is 359 g/mol. The highest BCUT2D eigenvalue weighted by atomic mass is 79.9. The molecule has 20 heavy (non-hydrogen) atoms. The van der Waals surface area contributed by atoms with E-state index in [9.17, 15) is 9.18 Å². The van der Waals surface area contributed by atoms with Crippen molar-refractivity contribution in [1.82, 2.24) is 0 Å². The molecule has 0 aliphatic rings. The Labute approximate surface area is 128 Å². The quantitative estimate of drug-likeness (QED) is 0.877. The van der Waals surface area contributed by atoms with E-state index in [1.807, 2.05) is 0 Å². The zero-order valence-electron chi connectivity index (χ0n) is 10.4. The Morgan fingerprint density at radius 2 is 2.05 bits per heavy atom. The SMILES string of the molecule is COc1cc(C(=O)Nc2cc(Cl)ccc2Br)ccc1F. The number of carbonyl (C=O) groups is 1. The van der Waals surface area contributed by atoms with Gasteiger partial charge in [0.2, 0.25) is 0 Å². The van der Waals surface area contributed by atoms with E-state index in [0.29, 0.717) is 15.2 Å². The summed E-state index contributed by atoms with van der Waals surface area (Å²) in [6.45, 7) is 0. The van der Waals surface area contributed by atoms with Crippen molar-refractivity contribution < 1.29 is 13.9 Å². The highest BCUT2D eigenvalue weighted by Crippen LogP contribution is 2.27. The molecule has 0 saturated heterocycles. The van der Waals surface area contributed by atoms with Gasteiger partial charge in [0.15, 0.2) is 11.6 Å². The monoisotopic (exact) mass is 357 g/mol. The molecule has 0 heterocycles. The van der Waals surface area contributed by atoms with Gasteiger partial charge in [-0.2, -0.15) is 0 Å². The van der Waals surface area contributed by atoms with Crippen LogP contribution in [0.2, 0.25) is 5.02 Å². The average Bonchev–Trinajstić information content (AvgIpc) is 2.43. The second kappa shape index (κ2) is 6.24.